The number of benzene rings is 2. The van der Waals surface area contributed by atoms with Crippen LogP contribution in [0, 0.1) is 0 Å². The van der Waals surface area contributed by atoms with Crippen LogP contribution in [-0.2, 0) is 11.3 Å². The van der Waals surface area contributed by atoms with Crippen molar-refractivity contribution in [1.82, 2.24) is 10.6 Å². The third-order valence-corrected chi connectivity index (χ3v) is 4.26. The Morgan fingerprint density at radius 3 is 2.69 bits per heavy atom. The van der Waals surface area contributed by atoms with Gasteiger partial charge in [-0.2, -0.15) is 0 Å². The van der Waals surface area contributed by atoms with E-state index in [2.05, 4.69) is 10.6 Å². The molecule has 0 unspecified atom stereocenters. The lowest BCUT2D eigenvalue weighted by Crippen LogP contribution is -2.36. The summed E-state index contributed by atoms with van der Waals surface area (Å²) < 4.78 is 10.6. The van der Waals surface area contributed by atoms with Gasteiger partial charge < -0.3 is 25.8 Å². The molecule has 0 saturated carbocycles. The van der Waals surface area contributed by atoms with Crippen LogP contribution in [0.2, 0.25) is 5.02 Å². The molecule has 1 heterocycles. The third kappa shape index (κ3) is 4.37. The summed E-state index contributed by atoms with van der Waals surface area (Å²) >= 11 is 6.16. The number of rotatable bonds is 6. The van der Waals surface area contributed by atoms with E-state index in [0.717, 1.165) is 5.56 Å². The molecule has 26 heavy (non-hydrogen) atoms. The summed E-state index contributed by atoms with van der Waals surface area (Å²) in [7, 11) is 0. The van der Waals surface area contributed by atoms with Crippen molar-refractivity contribution in [3.63, 3.8) is 0 Å². The summed E-state index contributed by atoms with van der Waals surface area (Å²) in [5.41, 5.74) is 6.73. The van der Waals surface area contributed by atoms with Gasteiger partial charge in [0, 0.05) is 11.6 Å². The number of carbonyl (C=O) groups excluding carboxylic acids is 2. The third-order valence-electron chi connectivity index (χ3n) is 3.91. The van der Waals surface area contributed by atoms with E-state index in [0.29, 0.717) is 28.6 Å². The van der Waals surface area contributed by atoms with Crippen LogP contribution in [0.3, 0.4) is 0 Å². The number of hydrogen-bond donors (Lipinski definition) is 3. The van der Waals surface area contributed by atoms with E-state index in [1.807, 2.05) is 12.1 Å². The maximum absolute atomic E-state index is 12.3. The van der Waals surface area contributed by atoms with E-state index in [-0.39, 0.29) is 19.1 Å². The Morgan fingerprint density at radius 1 is 1.15 bits per heavy atom. The fraction of sp³-hybridized carbons (Fsp3) is 0.222. The Hall–Kier alpha value is -2.93. The fourth-order valence-corrected chi connectivity index (χ4v) is 2.94. The Kier molecular flexibility index (Phi) is 5.48. The first-order valence-corrected chi connectivity index (χ1v) is 8.36. The van der Waals surface area contributed by atoms with Crippen LogP contribution in [0.1, 0.15) is 23.6 Å². The van der Waals surface area contributed by atoms with E-state index in [1.54, 1.807) is 30.3 Å². The van der Waals surface area contributed by atoms with Gasteiger partial charge >= 0.3 is 6.03 Å². The summed E-state index contributed by atoms with van der Waals surface area (Å²) in [5, 5.41) is 5.82. The highest BCUT2D eigenvalue weighted by Gasteiger charge is 2.20. The Bertz CT molecular complexity index is 828. The molecule has 0 bridgehead atoms. The first-order valence-electron chi connectivity index (χ1n) is 7.98. The van der Waals surface area contributed by atoms with Crippen molar-refractivity contribution in [3.05, 3.63) is 58.6 Å². The highest BCUT2D eigenvalue weighted by atomic mass is 35.5. The van der Waals surface area contributed by atoms with E-state index < -0.39 is 12.1 Å². The lowest BCUT2D eigenvalue weighted by atomic mass is 10.0. The number of urea groups is 1. The number of nitrogens with one attached hydrogen (secondary N) is 2. The molecule has 1 aliphatic heterocycles. The molecule has 0 aromatic heterocycles. The Balaban J connectivity index is 1.62. The summed E-state index contributed by atoms with van der Waals surface area (Å²) in [6.07, 6.45) is 0.0111. The predicted octanol–water partition coefficient (Wildman–Crippen LogP) is 2.48. The molecule has 4 N–H and O–H groups in total. The second-order valence-electron chi connectivity index (χ2n) is 5.75. The van der Waals surface area contributed by atoms with Gasteiger partial charge in [0.1, 0.15) is 0 Å². The molecule has 3 amide bonds. The largest absolute Gasteiger partial charge is 0.454 e. The summed E-state index contributed by atoms with van der Waals surface area (Å²) in [4.78, 5) is 23.6. The smallest absolute Gasteiger partial charge is 0.312 e. The summed E-state index contributed by atoms with van der Waals surface area (Å²) in [5.74, 6) is 1.09. The molecule has 8 heteroatoms. The van der Waals surface area contributed by atoms with Crippen molar-refractivity contribution in [2.24, 2.45) is 5.73 Å². The quantitative estimate of drug-likeness (QED) is 0.721. The molecule has 1 atom stereocenters. The van der Waals surface area contributed by atoms with Crippen LogP contribution in [0.5, 0.6) is 11.5 Å². The van der Waals surface area contributed by atoms with Gasteiger partial charge in [0.25, 0.3) is 0 Å². The fourth-order valence-electron chi connectivity index (χ4n) is 2.68. The standard InChI is InChI=1S/C18H18ClN3O4/c19-13-4-2-1-3-12(13)14(22-18(20)24)8-17(23)21-9-11-5-6-15-16(7-11)26-10-25-15/h1-7,14H,8-10H2,(H,21,23)(H3,20,22,24)/t14-/m1/s1. The van der Waals surface area contributed by atoms with Gasteiger partial charge in [0.05, 0.1) is 12.5 Å². The molecule has 3 rings (SSSR count). The van der Waals surface area contributed by atoms with E-state index in [4.69, 9.17) is 26.8 Å². The normalized spacial score (nSPS) is 13.1. The average molecular weight is 376 g/mol. The monoisotopic (exact) mass is 375 g/mol. The second kappa shape index (κ2) is 7.97. The number of primary amides is 1. The minimum absolute atomic E-state index is 0.0111. The molecular formula is C18H18ClN3O4. The lowest BCUT2D eigenvalue weighted by Gasteiger charge is -2.19. The number of fused-ring (bicyclic) bond motifs is 1. The number of halogens is 1. The van der Waals surface area contributed by atoms with Crippen molar-refractivity contribution >= 4 is 23.5 Å². The first kappa shape index (κ1) is 17.9. The summed E-state index contributed by atoms with van der Waals surface area (Å²) in [6, 6.07) is 11.1. The van der Waals surface area contributed by atoms with Crippen LogP contribution in [0.15, 0.2) is 42.5 Å². The maximum Gasteiger partial charge on any atom is 0.312 e. The van der Waals surface area contributed by atoms with Gasteiger partial charge in [-0.05, 0) is 29.3 Å². The zero-order valence-corrected chi connectivity index (χ0v) is 14.6. The van der Waals surface area contributed by atoms with Crippen LogP contribution < -0.4 is 25.8 Å². The topological polar surface area (TPSA) is 103 Å². The second-order valence-corrected chi connectivity index (χ2v) is 6.16. The average Bonchev–Trinajstić information content (AvgIpc) is 3.07. The zero-order chi connectivity index (χ0) is 18.5. The van der Waals surface area contributed by atoms with E-state index in [9.17, 15) is 9.59 Å². The van der Waals surface area contributed by atoms with Gasteiger partial charge in [0.15, 0.2) is 11.5 Å². The number of hydrogen-bond acceptors (Lipinski definition) is 4. The first-order chi connectivity index (χ1) is 12.5. The van der Waals surface area contributed by atoms with Gasteiger partial charge in [0.2, 0.25) is 12.7 Å². The summed E-state index contributed by atoms with van der Waals surface area (Å²) in [6.45, 7) is 0.519. The molecular weight excluding hydrogens is 358 g/mol. The highest BCUT2D eigenvalue weighted by molar-refractivity contribution is 6.31. The van der Waals surface area contributed by atoms with E-state index in [1.165, 1.54) is 0 Å². The van der Waals surface area contributed by atoms with E-state index >= 15 is 0 Å². The molecule has 0 aliphatic carbocycles. The number of nitrogens with two attached hydrogens (primary N) is 1. The number of carbonyl (C=O) groups is 2. The minimum atomic E-state index is -0.724. The van der Waals surface area contributed by atoms with Crippen LogP contribution in [-0.4, -0.2) is 18.7 Å². The van der Waals surface area contributed by atoms with Gasteiger partial charge in [-0.25, -0.2) is 4.79 Å². The predicted molar refractivity (Wildman–Crippen MR) is 95.9 cm³/mol. The van der Waals surface area contributed by atoms with Crippen molar-refractivity contribution in [2.45, 2.75) is 19.0 Å². The highest BCUT2D eigenvalue weighted by Crippen LogP contribution is 2.32. The molecule has 2 aromatic carbocycles. The maximum atomic E-state index is 12.3. The SMILES string of the molecule is NC(=O)N[C@H](CC(=O)NCc1ccc2c(c1)OCO2)c1ccccc1Cl. The molecule has 2 aromatic rings. The Morgan fingerprint density at radius 2 is 1.92 bits per heavy atom. The molecule has 0 spiro atoms. The van der Waals surface area contributed by atoms with Gasteiger partial charge in [-0.1, -0.05) is 35.9 Å². The molecule has 7 nitrogen and oxygen atoms in total. The number of amides is 3. The van der Waals surface area contributed by atoms with Crippen LogP contribution >= 0.6 is 11.6 Å². The van der Waals surface area contributed by atoms with Crippen molar-refractivity contribution in [1.29, 1.82) is 0 Å². The molecule has 1 aliphatic rings. The molecule has 0 saturated heterocycles. The minimum Gasteiger partial charge on any atom is -0.454 e. The van der Waals surface area contributed by atoms with Crippen molar-refractivity contribution in [2.75, 3.05) is 6.79 Å². The van der Waals surface area contributed by atoms with Crippen molar-refractivity contribution in [3.8, 4) is 11.5 Å². The van der Waals surface area contributed by atoms with Crippen LogP contribution in [0.25, 0.3) is 0 Å². The molecule has 136 valence electrons. The number of ether oxygens (including phenoxy) is 2. The Labute approximate surface area is 155 Å². The lowest BCUT2D eigenvalue weighted by molar-refractivity contribution is -0.121. The zero-order valence-electron chi connectivity index (χ0n) is 13.8. The van der Waals surface area contributed by atoms with Gasteiger partial charge in [-0.15, -0.1) is 0 Å². The molecule has 0 fully saturated rings. The van der Waals surface area contributed by atoms with Crippen molar-refractivity contribution < 1.29 is 19.1 Å². The van der Waals surface area contributed by atoms with Gasteiger partial charge in [-0.3, -0.25) is 4.79 Å². The molecule has 0 radical (unpaired) electrons. The van der Waals surface area contributed by atoms with Crippen LogP contribution in [0.4, 0.5) is 4.79 Å².